The maximum atomic E-state index is 12.2. The van der Waals surface area contributed by atoms with Gasteiger partial charge in [0.1, 0.15) is 17.4 Å². The summed E-state index contributed by atoms with van der Waals surface area (Å²) in [6.07, 6.45) is 1.00. The second-order valence-electron chi connectivity index (χ2n) is 4.37. The average molecular weight is 325 g/mol. The van der Waals surface area contributed by atoms with Crippen LogP contribution in [0.3, 0.4) is 0 Å². The Bertz CT molecular complexity index is 672. The van der Waals surface area contributed by atoms with Crippen molar-refractivity contribution in [3.05, 3.63) is 63.1 Å². The highest BCUT2D eigenvalue weighted by Crippen LogP contribution is 2.23. The third kappa shape index (κ3) is 3.63. The first-order valence-electron chi connectivity index (χ1n) is 6.31. The number of nitro benzene ring substituents is 1. The molecule has 0 fully saturated rings. The summed E-state index contributed by atoms with van der Waals surface area (Å²) < 4.78 is 10.4. The molecule has 0 spiro atoms. The molecule has 0 aliphatic carbocycles. The summed E-state index contributed by atoms with van der Waals surface area (Å²) in [4.78, 5) is 22.5. The molecule has 1 amide bonds. The number of furan rings is 1. The Morgan fingerprint density at radius 2 is 2.27 bits per heavy atom. The molecular weight excluding hydrogens is 312 g/mol. The Kier molecular flexibility index (Phi) is 5.13. The van der Waals surface area contributed by atoms with Crippen LogP contribution in [0.4, 0.5) is 5.69 Å². The Balaban J connectivity index is 2.12. The number of hydrogen-bond donors (Lipinski definition) is 1. The summed E-state index contributed by atoms with van der Waals surface area (Å²) in [5, 5.41) is 13.8. The van der Waals surface area contributed by atoms with E-state index in [1.54, 1.807) is 12.1 Å². The number of hydrogen-bond acceptors (Lipinski definition) is 5. The van der Waals surface area contributed by atoms with Crippen LogP contribution in [0, 0.1) is 10.1 Å². The van der Waals surface area contributed by atoms with Crippen molar-refractivity contribution in [3.63, 3.8) is 0 Å². The number of methoxy groups -OCH3 is 1. The lowest BCUT2D eigenvalue weighted by Gasteiger charge is -2.13. The topological polar surface area (TPSA) is 94.6 Å². The van der Waals surface area contributed by atoms with Gasteiger partial charge in [0.25, 0.3) is 11.6 Å². The zero-order chi connectivity index (χ0) is 16.1. The van der Waals surface area contributed by atoms with Crippen molar-refractivity contribution in [2.75, 3.05) is 13.7 Å². The second kappa shape index (κ2) is 7.06. The van der Waals surface area contributed by atoms with Gasteiger partial charge in [-0.05, 0) is 24.3 Å². The molecule has 0 radical (unpaired) electrons. The van der Waals surface area contributed by atoms with Crippen LogP contribution in [0.2, 0.25) is 5.02 Å². The first kappa shape index (κ1) is 16.0. The molecule has 22 heavy (non-hydrogen) atoms. The summed E-state index contributed by atoms with van der Waals surface area (Å²) in [7, 11) is 1.47. The number of benzene rings is 1. The lowest BCUT2D eigenvalue weighted by atomic mass is 10.1. The fourth-order valence-corrected chi connectivity index (χ4v) is 2.08. The largest absolute Gasteiger partial charge is 0.467 e. The normalized spacial score (nSPS) is 11.9. The zero-order valence-electron chi connectivity index (χ0n) is 11.6. The Hall–Kier alpha value is -2.38. The van der Waals surface area contributed by atoms with E-state index in [4.69, 9.17) is 20.8 Å². The lowest BCUT2D eigenvalue weighted by molar-refractivity contribution is -0.385. The van der Waals surface area contributed by atoms with Crippen molar-refractivity contribution in [3.8, 4) is 0 Å². The molecule has 1 atom stereocenters. The summed E-state index contributed by atoms with van der Waals surface area (Å²) in [5.74, 6) is -0.0637. The van der Waals surface area contributed by atoms with Gasteiger partial charge in [-0.25, -0.2) is 0 Å². The zero-order valence-corrected chi connectivity index (χ0v) is 12.4. The van der Waals surface area contributed by atoms with Crippen LogP contribution < -0.4 is 5.32 Å². The molecule has 1 N–H and O–H groups in total. The predicted molar refractivity (Wildman–Crippen MR) is 78.9 cm³/mol. The van der Waals surface area contributed by atoms with E-state index in [2.05, 4.69) is 5.32 Å². The van der Waals surface area contributed by atoms with Gasteiger partial charge in [-0.2, -0.15) is 0 Å². The van der Waals surface area contributed by atoms with Crippen LogP contribution >= 0.6 is 11.6 Å². The van der Waals surface area contributed by atoms with Gasteiger partial charge in [0.15, 0.2) is 0 Å². The molecule has 1 aromatic carbocycles. The first-order valence-corrected chi connectivity index (χ1v) is 6.69. The number of amides is 1. The molecule has 7 nitrogen and oxygen atoms in total. The van der Waals surface area contributed by atoms with E-state index in [0.717, 1.165) is 0 Å². The quantitative estimate of drug-likeness (QED) is 0.651. The maximum Gasteiger partial charge on any atom is 0.282 e. The third-order valence-electron chi connectivity index (χ3n) is 2.99. The summed E-state index contributed by atoms with van der Waals surface area (Å²) >= 11 is 5.79. The molecule has 2 rings (SSSR count). The van der Waals surface area contributed by atoms with E-state index in [-0.39, 0.29) is 22.8 Å². The van der Waals surface area contributed by atoms with Crippen LogP contribution in [0.15, 0.2) is 41.0 Å². The van der Waals surface area contributed by atoms with Gasteiger partial charge in [0.2, 0.25) is 0 Å². The monoisotopic (exact) mass is 324 g/mol. The van der Waals surface area contributed by atoms with Crippen LogP contribution in [-0.4, -0.2) is 24.5 Å². The third-order valence-corrected chi connectivity index (χ3v) is 3.23. The number of carbonyl (C=O) groups excluding carboxylic acids is 1. The maximum absolute atomic E-state index is 12.2. The van der Waals surface area contributed by atoms with Crippen molar-refractivity contribution in [2.45, 2.75) is 6.10 Å². The van der Waals surface area contributed by atoms with Crippen molar-refractivity contribution >= 4 is 23.2 Å². The Labute approximate surface area is 131 Å². The molecule has 0 saturated heterocycles. The van der Waals surface area contributed by atoms with Crippen molar-refractivity contribution in [1.29, 1.82) is 0 Å². The highest BCUT2D eigenvalue weighted by Gasteiger charge is 2.22. The summed E-state index contributed by atoms with van der Waals surface area (Å²) in [6.45, 7) is 0.104. The fraction of sp³-hybridized carbons (Fsp3) is 0.214. The minimum absolute atomic E-state index is 0.104. The number of nitro groups is 1. The Morgan fingerprint density at radius 1 is 1.50 bits per heavy atom. The lowest BCUT2D eigenvalue weighted by Crippen LogP contribution is -2.29. The summed E-state index contributed by atoms with van der Waals surface area (Å²) in [5.41, 5.74) is -0.416. The number of halogens is 1. The first-order chi connectivity index (χ1) is 10.5. The summed E-state index contributed by atoms with van der Waals surface area (Å²) in [6, 6.07) is 7.21. The second-order valence-corrected chi connectivity index (χ2v) is 4.80. The Morgan fingerprint density at radius 3 is 2.86 bits per heavy atom. The molecule has 0 saturated carbocycles. The van der Waals surface area contributed by atoms with Gasteiger partial charge in [-0.15, -0.1) is 0 Å². The number of ether oxygens (including phenoxy) is 1. The van der Waals surface area contributed by atoms with E-state index in [0.29, 0.717) is 5.76 Å². The smallest absolute Gasteiger partial charge is 0.282 e. The molecule has 1 aromatic heterocycles. The van der Waals surface area contributed by atoms with Gasteiger partial charge in [0, 0.05) is 18.2 Å². The number of carbonyl (C=O) groups is 1. The predicted octanol–water partition coefficient (Wildman–Crippen LogP) is 2.96. The molecule has 8 heteroatoms. The van der Waals surface area contributed by atoms with Crippen LogP contribution in [0.1, 0.15) is 22.2 Å². The highest BCUT2D eigenvalue weighted by atomic mass is 35.5. The highest BCUT2D eigenvalue weighted by molar-refractivity contribution is 6.31. The molecule has 1 heterocycles. The molecule has 0 bridgehead atoms. The van der Waals surface area contributed by atoms with Crippen molar-refractivity contribution in [2.24, 2.45) is 0 Å². The number of nitrogens with one attached hydrogen (secondary N) is 1. The van der Waals surface area contributed by atoms with Gasteiger partial charge >= 0.3 is 0 Å². The molecule has 116 valence electrons. The molecule has 2 aromatic rings. The minimum atomic E-state index is -0.633. The van der Waals surface area contributed by atoms with E-state index in [1.165, 1.54) is 31.6 Å². The van der Waals surface area contributed by atoms with Crippen LogP contribution in [0.5, 0.6) is 0 Å². The van der Waals surface area contributed by atoms with E-state index in [9.17, 15) is 14.9 Å². The van der Waals surface area contributed by atoms with Crippen LogP contribution in [0.25, 0.3) is 0 Å². The minimum Gasteiger partial charge on any atom is -0.467 e. The standard InChI is InChI=1S/C14H13ClN2O5/c1-21-13(12-3-2-6-22-12)8-16-14(18)10-7-9(15)4-5-11(10)17(19)20/h2-7,13H,8H2,1H3,(H,16,18). The fourth-order valence-electron chi connectivity index (χ4n) is 1.90. The van der Waals surface area contributed by atoms with Gasteiger partial charge < -0.3 is 14.5 Å². The van der Waals surface area contributed by atoms with E-state index >= 15 is 0 Å². The van der Waals surface area contributed by atoms with Crippen molar-refractivity contribution in [1.82, 2.24) is 5.32 Å². The number of nitrogens with zero attached hydrogens (tertiary/aromatic N) is 1. The average Bonchev–Trinajstić information content (AvgIpc) is 3.01. The van der Waals surface area contributed by atoms with Crippen LogP contribution in [-0.2, 0) is 4.74 Å². The van der Waals surface area contributed by atoms with E-state index in [1.807, 2.05) is 0 Å². The van der Waals surface area contributed by atoms with E-state index < -0.39 is 16.9 Å². The molecule has 0 aliphatic rings. The molecular formula is C14H13ClN2O5. The molecule has 0 aliphatic heterocycles. The van der Waals surface area contributed by atoms with Gasteiger partial charge in [-0.1, -0.05) is 11.6 Å². The molecule has 1 unspecified atom stereocenters. The van der Waals surface area contributed by atoms with Crippen molar-refractivity contribution < 1.29 is 18.9 Å². The number of rotatable bonds is 6. The van der Waals surface area contributed by atoms with Gasteiger partial charge in [0.05, 0.1) is 17.7 Å². The SMILES string of the molecule is COC(CNC(=O)c1cc(Cl)ccc1[N+](=O)[O-])c1ccco1. The van der Waals surface area contributed by atoms with Gasteiger partial charge in [-0.3, -0.25) is 14.9 Å².